The molecule has 1 heterocycles. The second-order valence-electron chi connectivity index (χ2n) is 7.43. The molecule has 0 aliphatic carbocycles. The number of carbonyl (C=O) groups is 1. The molecule has 2 aromatic carbocycles. The summed E-state index contributed by atoms with van der Waals surface area (Å²) < 4.78 is 11.3. The first kappa shape index (κ1) is 24.8. The van der Waals surface area contributed by atoms with Crippen molar-refractivity contribution in [1.82, 2.24) is 14.9 Å². The molecule has 1 aromatic heterocycles. The molecule has 10 heteroatoms. The van der Waals surface area contributed by atoms with E-state index in [1.165, 1.54) is 12.3 Å². The van der Waals surface area contributed by atoms with Crippen LogP contribution in [-0.4, -0.2) is 55.1 Å². The molecule has 0 spiro atoms. The van der Waals surface area contributed by atoms with Crippen molar-refractivity contribution in [3.8, 4) is 11.5 Å². The molecule has 0 unspecified atom stereocenters. The molecular weight excluding hydrogens is 456 g/mol. The highest BCUT2D eigenvalue weighted by molar-refractivity contribution is 6.33. The number of benzene rings is 2. The van der Waals surface area contributed by atoms with E-state index in [1.54, 1.807) is 31.4 Å². The number of hydrogen-bond donors (Lipinski definition) is 3. The van der Waals surface area contributed by atoms with Crippen LogP contribution < -0.4 is 25.4 Å². The van der Waals surface area contributed by atoms with Gasteiger partial charge in [0.1, 0.15) is 23.1 Å². The van der Waals surface area contributed by atoms with Crippen molar-refractivity contribution >= 4 is 46.3 Å². The van der Waals surface area contributed by atoms with Gasteiger partial charge < -0.3 is 30.3 Å². The molecule has 178 valence electrons. The van der Waals surface area contributed by atoms with Gasteiger partial charge in [-0.1, -0.05) is 24.2 Å². The first-order valence-corrected chi connectivity index (χ1v) is 10.8. The van der Waals surface area contributed by atoms with Gasteiger partial charge in [0.15, 0.2) is 5.82 Å². The van der Waals surface area contributed by atoms with Gasteiger partial charge in [0.25, 0.3) is 0 Å². The van der Waals surface area contributed by atoms with Crippen molar-refractivity contribution < 1.29 is 14.3 Å². The Kier molecular flexibility index (Phi) is 8.66. The van der Waals surface area contributed by atoms with Gasteiger partial charge in [-0.05, 0) is 50.5 Å². The summed E-state index contributed by atoms with van der Waals surface area (Å²) in [5, 5.41) is 9.34. The number of nitrogens with one attached hydrogen (secondary N) is 3. The highest BCUT2D eigenvalue weighted by atomic mass is 35.5. The van der Waals surface area contributed by atoms with Crippen LogP contribution in [0.2, 0.25) is 5.02 Å². The minimum atomic E-state index is -0.297. The third-order valence-corrected chi connectivity index (χ3v) is 4.83. The van der Waals surface area contributed by atoms with E-state index in [-0.39, 0.29) is 5.91 Å². The number of carbonyl (C=O) groups excluding carboxylic acids is 1. The van der Waals surface area contributed by atoms with Crippen molar-refractivity contribution in [3.05, 3.63) is 66.3 Å². The number of rotatable bonds is 11. The van der Waals surface area contributed by atoms with Gasteiger partial charge >= 0.3 is 0 Å². The number of halogens is 1. The van der Waals surface area contributed by atoms with Crippen molar-refractivity contribution in [3.63, 3.8) is 0 Å². The first-order chi connectivity index (χ1) is 16.4. The van der Waals surface area contributed by atoms with Crippen LogP contribution in [-0.2, 0) is 4.79 Å². The Morgan fingerprint density at radius 1 is 1.18 bits per heavy atom. The van der Waals surface area contributed by atoms with Gasteiger partial charge in [0.2, 0.25) is 11.9 Å². The zero-order valence-electron chi connectivity index (χ0n) is 19.3. The molecule has 0 saturated carbocycles. The molecule has 0 atom stereocenters. The number of likely N-dealkylation sites (N-methyl/N-ethyl adjacent to an activating group) is 1. The van der Waals surface area contributed by atoms with Crippen molar-refractivity contribution in [2.24, 2.45) is 0 Å². The van der Waals surface area contributed by atoms with Gasteiger partial charge in [-0.15, -0.1) is 0 Å². The maximum Gasteiger partial charge on any atom is 0.247 e. The van der Waals surface area contributed by atoms with Crippen molar-refractivity contribution in [2.75, 3.05) is 50.3 Å². The van der Waals surface area contributed by atoms with Crippen LogP contribution in [0.5, 0.6) is 11.5 Å². The van der Waals surface area contributed by atoms with Crippen LogP contribution in [0.1, 0.15) is 0 Å². The number of aromatic nitrogens is 2. The largest absolute Gasteiger partial charge is 0.494 e. The molecule has 0 bridgehead atoms. The van der Waals surface area contributed by atoms with Crippen LogP contribution in [0.15, 0.2) is 61.3 Å². The Morgan fingerprint density at radius 3 is 2.71 bits per heavy atom. The van der Waals surface area contributed by atoms with E-state index >= 15 is 0 Å². The monoisotopic (exact) mass is 482 g/mol. The fraction of sp³-hybridized carbons (Fsp3) is 0.208. The Morgan fingerprint density at radius 2 is 1.97 bits per heavy atom. The second-order valence-corrected chi connectivity index (χ2v) is 7.84. The third kappa shape index (κ3) is 7.09. The van der Waals surface area contributed by atoms with E-state index in [2.05, 4.69) is 32.5 Å². The standard InChI is InChI=1S/C24H27ClN6O3/c1-5-22(32)27-16-7-6-8-17(13-16)28-24-26-15-19(25)23(30-24)29-20-10-9-18(14-21(20)33-4)34-12-11-31(2)3/h5-10,13-15H,1,11-12H2,2-4H3,(H,27,32)(H2,26,28,29,30). The predicted octanol–water partition coefficient (Wildman–Crippen LogP) is 4.69. The Hall–Kier alpha value is -3.82. The SMILES string of the molecule is C=CC(=O)Nc1cccc(Nc2ncc(Cl)c(Nc3ccc(OCCN(C)C)cc3OC)n2)c1. The van der Waals surface area contributed by atoms with E-state index in [1.807, 2.05) is 37.2 Å². The number of amides is 1. The molecule has 9 nitrogen and oxygen atoms in total. The van der Waals surface area contributed by atoms with Crippen molar-refractivity contribution in [1.29, 1.82) is 0 Å². The number of ether oxygens (including phenoxy) is 2. The summed E-state index contributed by atoms with van der Waals surface area (Å²) >= 11 is 6.33. The summed E-state index contributed by atoms with van der Waals surface area (Å²) in [7, 11) is 5.56. The predicted molar refractivity (Wildman–Crippen MR) is 136 cm³/mol. The number of nitrogens with zero attached hydrogens (tertiary/aromatic N) is 3. The molecule has 0 aliphatic heterocycles. The quantitative estimate of drug-likeness (QED) is 0.338. The Bertz CT molecular complexity index is 1160. The van der Waals surface area contributed by atoms with E-state index in [0.717, 1.165) is 6.54 Å². The summed E-state index contributed by atoms with van der Waals surface area (Å²) in [5.74, 6) is 1.70. The lowest BCUT2D eigenvalue weighted by atomic mass is 10.2. The number of hydrogen-bond acceptors (Lipinski definition) is 8. The molecule has 0 aliphatic rings. The summed E-state index contributed by atoms with van der Waals surface area (Å²) in [6.07, 6.45) is 2.70. The van der Waals surface area contributed by atoms with E-state index in [4.69, 9.17) is 21.1 Å². The average molecular weight is 483 g/mol. The highest BCUT2D eigenvalue weighted by Crippen LogP contribution is 2.33. The average Bonchev–Trinajstić information content (AvgIpc) is 2.82. The molecule has 0 saturated heterocycles. The molecule has 3 rings (SSSR count). The maximum absolute atomic E-state index is 11.5. The van der Waals surface area contributed by atoms with Crippen LogP contribution in [0, 0.1) is 0 Å². The van der Waals surface area contributed by atoms with Gasteiger partial charge in [0, 0.05) is 24.0 Å². The first-order valence-electron chi connectivity index (χ1n) is 10.4. The van der Waals surface area contributed by atoms with Crippen LogP contribution >= 0.6 is 11.6 Å². The fourth-order valence-electron chi connectivity index (χ4n) is 2.85. The lowest BCUT2D eigenvalue weighted by molar-refractivity contribution is -0.111. The normalized spacial score (nSPS) is 10.5. The van der Waals surface area contributed by atoms with Gasteiger partial charge in [-0.25, -0.2) is 4.98 Å². The van der Waals surface area contributed by atoms with Gasteiger partial charge in [-0.2, -0.15) is 4.98 Å². The number of anilines is 5. The molecular formula is C24H27ClN6O3. The summed E-state index contributed by atoms with van der Waals surface area (Å²) in [6, 6.07) is 12.6. The van der Waals surface area contributed by atoms with E-state index in [9.17, 15) is 4.79 Å². The van der Waals surface area contributed by atoms with Crippen LogP contribution in [0.3, 0.4) is 0 Å². The minimum absolute atomic E-state index is 0.297. The molecule has 0 fully saturated rings. The number of methoxy groups -OCH3 is 1. The summed E-state index contributed by atoms with van der Waals surface area (Å²) in [5.41, 5.74) is 1.97. The molecule has 0 radical (unpaired) electrons. The smallest absolute Gasteiger partial charge is 0.247 e. The lowest BCUT2D eigenvalue weighted by Crippen LogP contribution is -2.19. The Balaban J connectivity index is 1.75. The molecule has 3 N–H and O–H groups in total. The minimum Gasteiger partial charge on any atom is -0.494 e. The van der Waals surface area contributed by atoms with Gasteiger partial charge in [-0.3, -0.25) is 4.79 Å². The van der Waals surface area contributed by atoms with Gasteiger partial charge in [0.05, 0.1) is 19.0 Å². The molecule has 3 aromatic rings. The topological polar surface area (TPSA) is 101 Å². The fourth-order valence-corrected chi connectivity index (χ4v) is 2.99. The Labute approximate surface area is 203 Å². The van der Waals surface area contributed by atoms with E-state index in [0.29, 0.717) is 52.0 Å². The molecule has 1 amide bonds. The third-order valence-electron chi connectivity index (χ3n) is 4.55. The second kappa shape index (κ2) is 11.9. The maximum atomic E-state index is 11.5. The summed E-state index contributed by atoms with van der Waals surface area (Å²) in [4.78, 5) is 22.3. The van der Waals surface area contributed by atoms with Crippen LogP contribution in [0.25, 0.3) is 0 Å². The highest BCUT2D eigenvalue weighted by Gasteiger charge is 2.11. The lowest BCUT2D eigenvalue weighted by Gasteiger charge is -2.15. The molecule has 34 heavy (non-hydrogen) atoms. The van der Waals surface area contributed by atoms with Crippen molar-refractivity contribution in [2.45, 2.75) is 0 Å². The summed E-state index contributed by atoms with van der Waals surface area (Å²) in [6.45, 7) is 4.82. The van der Waals surface area contributed by atoms with E-state index < -0.39 is 0 Å². The zero-order chi connectivity index (χ0) is 24.5. The zero-order valence-corrected chi connectivity index (χ0v) is 20.0. The van der Waals surface area contributed by atoms with Crippen LogP contribution in [0.4, 0.5) is 28.8 Å².